The highest BCUT2D eigenvalue weighted by Crippen LogP contribution is 2.12. The third-order valence-corrected chi connectivity index (χ3v) is 2.14. The van der Waals surface area contributed by atoms with Crippen LogP contribution in [-0.4, -0.2) is 49.0 Å². The van der Waals surface area contributed by atoms with Crippen LogP contribution in [0.4, 0.5) is 13.2 Å². The molecule has 1 rings (SSSR count). The van der Waals surface area contributed by atoms with Crippen molar-refractivity contribution in [1.82, 2.24) is 10.2 Å². The first kappa shape index (κ1) is 11.5. The summed E-state index contributed by atoms with van der Waals surface area (Å²) < 4.78 is 40.5. The molecule has 1 fully saturated rings. The van der Waals surface area contributed by atoms with Crippen molar-refractivity contribution in [3.05, 3.63) is 0 Å². The summed E-state index contributed by atoms with van der Waals surface area (Å²) in [7, 11) is 0. The average molecular weight is 228 g/mol. The van der Waals surface area contributed by atoms with Gasteiger partial charge >= 0.3 is 6.18 Å². The van der Waals surface area contributed by atoms with E-state index in [0.717, 1.165) is 0 Å². The van der Waals surface area contributed by atoms with Crippen LogP contribution < -0.4 is 5.32 Å². The lowest BCUT2D eigenvalue weighted by Crippen LogP contribution is -2.48. The van der Waals surface area contributed by atoms with E-state index in [1.54, 1.807) is 4.90 Å². The number of alkyl halides is 3. The predicted molar refractivity (Wildman–Crippen MR) is 49.0 cm³/mol. The molecular weight excluding hydrogens is 217 g/mol. The van der Waals surface area contributed by atoms with Crippen LogP contribution >= 0.6 is 12.2 Å². The molecule has 0 amide bonds. The number of nitrogens with zero attached hydrogens (tertiary/aromatic N) is 1. The number of ether oxygens (including phenoxy) is 1. The molecule has 0 aromatic heterocycles. The van der Waals surface area contributed by atoms with E-state index in [4.69, 9.17) is 17.0 Å². The Labute approximate surface area is 85.2 Å². The first-order chi connectivity index (χ1) is 6.49. The summed E-state index contributed by atoms with van der Waals surface area (Å²) >= 11 is 4.80. The van der Waals surface area contributed by atoms with Crippen molar-refractivity contribution in [3.63, 3.8) is 0 Å². The number of rotatable bonds is 1. The van der Waals surface area contributed by atoms with E-state index in [0.29, 0.717) is 26.3 Å². The van der Waals surface area contributed by atoms with Crippen molar-refractivity contribution in [2.45, 2.75) is 6.18 Å². The third-order valence-electron chi connectivity index (χ3n) is 1.74. The van der Waals surface area contributed by atoms with Crippen LogP contribution in [0.25, 0.3) is 0 Å². The van der Waals surface area contributed by atoms with Gasteiger partial charge in [-0.05, 0) is 12.2 Å². The zero-order valence-corrected chi connectivity index (χ0v) is 8.25. The molecule has 82 valence electrons. The van der Waals surface area contributed by atoms with Crippen LogP contribution in [0.5, 0.6) is 0 Å². The Balaban J connectivity index is 2.27. The van der Waals surface area contributed by atoms with Crippen LogP contribution in [0.2, 0.25) is 0 Å². The van der Waals surface area contributed by atoms with Gasteiger partial charge in [-0.15, -0.1) is 0 Å². The van der Waals surface area contributed by atoms with Crippen LogP contribution in [0.1, 0.15) is 0 Å². The van der Waals surface area contributed by atoms with E-state index in [9.17, 15) is 13.2 Å². The van der Waals surface area contributed by atoms with Crippen molar-refractivity contribution in [3.8, 4) is 0 Å². The molecule has 0 radical (unpaired) electrons. The van der Waals surface area contributed by atoms with Gasteiger partial charge in [-0.3, -0.25) is 0 Å². The van der Waals surface area contributed by atoms with Gasteiger partial charge in [0.05, 0.1) is 13.2 Å². The second-order valence-electron chi connectivity index (χ2n) is 2.87. The van der Waals surface area contributed by atoms with Crippen LogP contribution in [-0.2, 0) is 4.74 Å². The zero-order valence-electron chi connectivity index (χ0n) is 7.43. The molecule has 0 aliphatic carbocycles. The summed E-state index contributed by atoms with van der Waals surface area (Å²) in [5.41, 5.74) is 0. The molecule has 3 nitrogen and oxygen atoms in total. The topological polar surface area (TPSA) is 24.5 Å². The van der Waals surface area contributed by atoms with E-state index >= 15 is 0 Å². The zero-order chi connectivity index (χ0) is 10.6. The van der Waals surface area contributed by atoms with E-state index in [1.807, 2.05) is 0 Å². The SMILES string of the molecule is FC(F)(F)CNC(=S)N1CCOCC1. The highest BCUT2D eigenvalue weighted by molar-refractivity contribution is 7.80. The maximum atomic E-state index is 11.8. The fourth-order valence-electron chi connectivity index (χ4n) is 1.05. The second kappa shape index (κ2) is 4.79. The van der Waals surface area contributed by atoms with Crippen LogP contribution in [0.15, 0.2) is 0 Å². The number of halogens is 3. The molecule has 1 N–H and O–H groups in total. The minimum atomic E-state index is -4.23. The van der Waals surface area contributed by atoms with Crippen LogP contribution in [0, 0.1) is 0 Å². The van der Waals surface area contributed by atoms with Crippen molar-refractivity contribution in [1.29, 1.82) is 0 Å². The van der Waals surface area contributed by atoms with Gasteiger partial charge in [0.1, 0.15) is 6.54 Å². The molecule has 1 aliphatic rings. The summed E-state index contributed by atoms with van der Waals surface area (Å²) in [5, 5.41) is 2.31. The first-order valence-corrected chi connectivity index (χ1v) is 4.57. The molecule has 7 heteroatoms. The molecule has 0 aromatic carbocycles. The van der Waals surface area contributed by atoms with E-state index in [-0.39, 0.29) is 5.11 Å². The maximum absolute atomic E-state index is 11.8. The van der Waals surface area contributed by atoms with Gasteiger partial charge in [-0.25, -0.2) is 0 Å². The van der Waals surface area contributed by atoms with Gasteiger partial charge < -0.3 is 15.0 Å². The Bertz CT molecular complexity index is 204. The summed E-state index contributed by atoms with van der Waals surface area (Å²) in [4.78, 5) is 1.67. The fraction of sp³-hybridized carbons (Fsp3) is 0.857. The number of morpholine rings is 1. The molecule has 0 atom stereocenters. The molecule has 1 saturated heterocycles. The molecule has 1 aliphatic heterocycles. The lowest BCUT2D eigenvalue weighted by atomic mass is 10.4. The minimum Gasteiger partial charge on any atom is -0.378 e. The summed E-state index contributed by atoms with van der Waals surface area (Å²) in [6.07, 6.45) is -4.23. The second-order valence-corrected chi connectivity index (χ2v) is 3.26. The van der Waals surface area contributed by atoms with Crippen LogP contribution in [0.3, 0.4) is 0 Å². The lowest BCUT2D eigenvalue weighted by Gasteiger charge is -2.29. The minimum absolute atomic E-state index is 0.144. The van der Waals surface area contributed by atoms with E-state index in [2.05, 4.69) is 5.32 Å². The Hall–Kier alpha value is -0.560. The van der Waals surface area contributed by atoms with Crippen molar-refractivity contribution >= 4 is 17.3 Å². The Morgan fingerprint density at radius 2 is 1.93 bits per heavy atom. The summed E-state index contributed by atoms with van der Waals surface area (Å²) in [6.45, 7) is 1.03. The van der Waals surface area contributed by atoms with Crippen molar-refractivity contribution in [2.75, 3.05) is 32.8 Å². The molecular formula is C7H11F3N2OS. The van der Waals surface area contributed by atoms with Gasteiger partial charge in [-0.1, -0.05) is 0 Å². The fourth-order valence-corrected chi connectivity index (χ4v) is 1.31. The molecule has 14 heavy (non-hydrogen) atoms. The lowest BCUT2D eigenvalue weighted by molar-refractivity contribution is -0.122. The number of hydrogen-bond acceptors (Lipinski definition) is 2. The monoisotopic (exact) mass is 228 g/mol. The number of hydrogen-bond donors (Lipinski definition) is 1. The van der Waals surface area contributed by atoms with E-state index in [1.165, 1.54) is 0 Å². The maximum Gasteiger partial charge on any atom is 0.405 e. The van der Waals surface area contributed by atoms with Gasteiger partial charge in [-0.2, -0.15) is 13.2 Å². The Kier molecular flexibility index (Phi) is 3.94. The predicted octanol–water partition coefficient (Wildman–Crippen LogP) is 0.755. The van der Waals surface area contributed by atoms with Gasteiger partial charge in [0.15, 0.2) is 5.11 Å². The quantitative estimate of drug-likeness (QED) is 0.669. The highest BCUT2D eigenvalue weighted by atomic mass is 32.1. The Morgan fingerprint density at radius 1 is 1.36 bits per heavy atom. The third kappa shape index (κ3) is 4.10. The molecule has 0 saturated carbocycles. The Morgan fingerprint density at radius 3 is 2.43 bits per heavy atom. The largest absolute Gasteiger partial charge is 0.405 e. The highest BCUT2D eigenvalue weighted by Gasteiger charge is 2.28. The van der Waals surface area contributed by atoms with Gasteiger partial charge in [0, 0.05) is 13.1 Å². The summed E-state index contributed by atoms with van der Waals surface area (Å²) in [5.74, 6) is 0. The van der Waals surface area contributed by atoms with Gasteiger partial charge in [0.25, 0.3) is 0 Å². The van der Waals surface area contributed by atoms with E-state index < -0.39 is 12.7 Å². The number of nitrogens with one attached hydrogen (secondary N) is 1. The average Bonchev–Trinajstić information content (AvgIpc) is 2.14. The molecule has 0 aromatic rings. The van der Waals surface area contributed by atoms with Gasteiger partial charge in [0.2, 0.25) is 0 Å². The smallest absolute Gasteiger partial charge is 0.378 e. The molecule has 0 bridgehead atoms. The first-order valence-electron chi connectivity index (χ1n) is 4.16. The standard InChI is InChI=1S/C7H11F3N2OS/c8-7(9,10)5-11-6(14)12-1-3-13-4-2-12/h1-5H2,(H,11,14). The normalized spacial score (nSPS) is 18.1. The molecule has 0 spiro atoms. The molecule has 1 heterocycles. The number of thiocarbonyl (C=S) groups is 1. The van der Waals surface area contributed by atoms with Crippen molar-refractivity contribution in [2.24, 2.45) is 0 Å². The summed E-state index contributed by atoms with van der Waals surface area (Å²) in [6, 6.07) is 0. The van der Waals surface area contributed by atoms with Crippen molar-refractivity contribution < 1.29 is 17.9 Å². The molecule has 0 unspecified atom stereocenters.